The third kappa shape index (κ3) is 6.82. The minimum atomic E-state index is 0.0198. The van der Waals surface area contributed by atoms with Crippen LogP contribution in [0.2, 0.25) is 0 Å². The van der Waals surface area contributed by atoms with Crippen molar-refractivity contribution in [1.29, 1.82) is 0 Å². The minimum Gasteiger partial charge on any atom is -0.375 e. The number of unbranched alkanes of at least 4 members (excludes halogenated alkanes) is 1. The third-order valence-electron chi connectivity index (χ3n) is 5.76. The molecule has 3 rings (SSSR count). The molecule has 1 aliphatic heterocycles. The van der Waals surface area contributed by atoms with Gasteiger partial charge < -0.3 is 15.1 Å². The summed E-state index contributed by atoms with van der Waals surface area (Å²) in [6.45, 7) is 6.82. The Morgan fingerprint density at radius 1 is 0.968 bits per heavy atom. The highest BCUT2D eigenvalue weighted by molar-refractivity contribution is 5.94. The molecule has 0 unspecified atom stereocenters. The average molecular weight is 423 g/mol. The first-order valence-electron chi connectivity index (χ1n) is 11.2. The van der Waals surface area contributed by atoms with E-state index in [1.807, 2.05) is 59.5 Å². The van der Waals surface area contributed by atoms with Crippen LogP contribution in [0.15, 0.2) is 54.6 Å². The molecular formula is C25H34N4O2. The fraction of sp³-hybridized carbons (Fsp3) is 0.440. The molecule has 0 aliphatic carbocycles. The zero-order chi connectivity index (χ0) is 22.1. The van der Waals surface area contributed by atoms with Crippen LogP contribution in [0.25, 0.3) is 0 Å². The van der Waals surface area contributed by atoms with E-state index in [4.69, 9.17) is 0 Å². The highest BCUT2D eigenvalue weighted by Gasteiger charge is 2.23. The summed E-state index contributed by atoms with van der Waals surface area (Å²) in [5, 5.41) is 2.97. The zero-order valence-corrected chi connectivity index (χ0v) is 18.7. The molecule has 1 fully saturated rings. The molecule has 1 aliphatic rings. The number of rotatable bonds is 9. The van der Waals surface area contributed by atoms with Crippen LogP contribution >= 0.6 is 0 Å². The summed E-state index contributed by atoms with van der Waals surface area (Å²) in [6.07, 6.45) is 2.33. The maximum absolute atomic E-state index is 12.9. The zero-order valence-electron chi connectivity index (χ0n) is 18.7. The van der Waals surface area contributed by atoms with E-state index >= 15 is 0 Å². The quantitative estimate of drug-likeness (QED) is 0.675. The van der Waals surface area contributed by atoms with Crippen molar-refractivity contribution >= 4 is 17.5 Å². The van der Waals surface area contributed by atoms with Crippen molar-refractivity contribution in [3.63, 3.8) is 0 Å². The maximum atomic E-state index is 12.9. The Bertz CT molecular complexity index is 830. The molecule has 1 N–H and O–H groups in total. The van der Waals surface area contributed by atoms with Crippen LogP contribution in [0.4, 0.5) is 5.69 Å². The van der Waals surface area contributed by atoms with E-state index in [1.165, 1.54) is 6.42 Å². The molecule has 0 bridgehead atoms. The first kappa shape index (κ1) is 22.8. The largest absolute Gasteiger partial charge is 0.375 e. The Morgan fingerprint density at radius 3 is 2.29 bits per heavy atom. The molecule has 0 aromatic heterocycles. The molecule has 6 heteroatoms. The Kier molecular flexibility index (Phi) is 8.47. The number of benzene rings is 2. The molecule has 1 saturated heterocycles. The number of hydrogen-bond donors (Lipinski definition) is 1. The molecule has 0 atom stereocenters. The van der Waals surface area contributed by atoms with Crippen LogP contribution in [0.1, 0.15) is 35.7 Å². The van der Waals surface area contributed by atoms with Gasteiger partial charge in [-0.15, -0.1) is 0 Å². The van der Waals surface area contributed by atoms with Gasteiger partial charge in [0.2, 0.25) is 5.91 Å². The predicted molar refractivity (Wildman–Crippen MR) is 125 cm³/mol. The number of nitrogens with one attached hydrogen (secondary N) is 1. The lowest BCUT2D eigenvalue weighted by molar-refractivity contribution is -0.122. The van der Waals surface area contributed by atoms with Gasteiger partial charge in [0.1, 0.15) is 0 Å². The second-order valence-electron chi connectivity index (χ2n) is 8.15. The molecular weight excluding hydrogens is 388 g/mol. The first-order chi connectivity index (χ1) is 15.1. The molecule has 0 radical (unpaired) electrons. The number of hydrogen-bond acceptors (Lipinski definition) is 4. The molecule has 2 amide bonds. The van der Waals surface area contributed by atoms with Gasteiger partial charge >= 0.3 is 0 Å². The lowest BCUT2D eigenvalue weighted by Crippen LogP contribution is -2.51. The van der Waals surface area contributed by atoms with E-state index in [2.05, 4.69) is 29.1 Å². The Balaban J connectivity index is 1.42. The summed E-state index contributed by atoms with van der Waals surface area (Å²) in [5.41, 5.74) is 2.95. The number of nitrogens with zero attached hydrogens (tertiary/aromatic N) is 3. The second kappa shape index (κ2) is 11.5. The second-order valence-corrected chi connectivity index (χ2v) is 8.15. The lowest BCUT2D eigenvalue weighted by atomic mass is 10.1. The van der Waals surface area contributed by atoms with Gasteiger partial charge in [-0.1, -0.05) is 43.7 Å². The molecule has 2 aromatic rings. The molecule has 31 heavy (non-hydrogen) atoms. The van der Waals surface area contributed by atoms with Crippen molar-refractivity contribution in [3.8, 4) is 0 Å². The summed E-state index contributed by atoms with van der Waals surface area (Å²) in [7, 11) is 2.09. The van der Waals surface area contributed by atoms with Crippen LogP contribution < -0.4 is 10.2 Å². The van der Waals surface area contributed by atoms with Crippen LogP contribution in [0, 0.1) is 0 Å². The van der Waals surface area contributed by atoms with Crippen LogP contribution in [0.3, 0.4) is 0 Å². The number of amides is 2. The van der Waals surface area contributed by atoms with Crippen LogP contribution in [-0.4, -0.2) is 67.9 Å². The van der Waals surface area contributed by atoms with Gasteiger partial charge in [-0.05, 0) is 36.2 Å². The van der Waals surface area contributed by atoms with E-state index in [0.717, 1.165) is 29.8 Å². The maximum Gasteiger partial charge on any atom is 0.253 e. The minimum absolute atomic E-state index is 0.0198. The molecule has 0 spiro atoms. The average Bonchev–Trinajstić information content (AvgIpc) is 2.82. The van der Waals surface area contributed by atoms with Crippen molar-refractivity contribution in [1.82, 2.24) is 15.1 Å². The van der Waals surface area contributed by atoms with Gasteiger partial charge in [0.25, 0.3) is 5.91 Å². The van der Waals surface area contributed by atoms with Gasteiger partial charge in [-0.2, -0.15) is 0 Å². The van der Waals surface area contributed by atoms with E-state index in [0.29, 0.717) is 39.3 Å². The van der Waals surface area contributed by atoms with E-state index < -0.39 is 0 Å². The topological polar surface area (TPSA) is 55.9 Å². The summed E-state index contributed by atoms with van der Waals surface area (Å²) in [6, 6.07) is 17.8. The predicted octanol–water partition coefficient (Wildman–Crippen LogP) is 3.00. The third-order valence-corrected chi connectivity index (χ3v) is 5.76. The Morgan fingerprint density at radius 2 is 1.65 bits per heavy atom. The summed E-state index contributed by atoms with van der Waals surface area (Å²) in [5.74, 6) is 0.0855. The lowest BCUT2D eigenvalue weighted by Gasteiger charge is -2.34. The fourth-order valence-corrected chi connectivity index (χ4v) is 3.73. The number of anilines is 1. The van der Waals surface area contributed by atoms with Crippen molar-refractivity contribution in [3.05, 3.63) is 65.7 Å². The van der Waals surface area contributed by atoms with Crippen molar-refractivity contribution in [2.75, 3.05) is 51.2 Å². The summed E-state index contributed by atoms with van der Waals surface area (Å²) < 4.78 is 0. The molecule has 2 aromatic carbocycles. The van der Waals surface area contributed by atoms with E-state index in [1.54, 1.807) is 0 Å². The Hall–Kier alpha value is -2.86. The summed E-state index contributed by atoms with van der Waals surface area (Å²) >= 11 is 0. The molecule has 6 nitrogen and oxygen atoms in total. The van der Waals surface area contributed by atoms with Gasteiger partial charge in [0.15, 0.2) is 0 Å². The van der Waals surface area contributed by atoms with E-state index in [9.17, 15) is 9.59 Å². The van der Waals surface area contributed by atoms with E-state index in [-0.39, 0.29) is 11.8 Å². The van der Waals surface area contributed by atoms with Gasteiger partial charge in [-0.25, -0.2) is 0 Å². The normalized spacial score (nSPS) is 14.3. The van der Waals surface area contributed by atoms with Gasteiger partial charge in [0.05, 0.1) is 6.54 Å². The molecule has 166 valence electrons. The smallest absolute Gasteiger partial charge is 0.253 e. The SMILES string of the molecule is CCCCN(C)c1ccc(C(=O)N2CCN(CC(=O)NCc3ccccc3)CC2)cc1. The highest BCUT2D eigenvalue weighted by Crippen LogP contribution is 2.16. The van der Waals surface area contributed by atoms with Gasteiger partial charge in [-0.3, -0.25) is 14.5 Å². The fourth-order valence-electron chi connectivity index (χ4n) is 3.73. The molecule has 0 saturated carbocycles. The highest BCUT2D eigenvalue weighted by atomic mass is 16.2. The number of carbonyl (C=O) groups is 2. The number of carbonyl (C=O) groups excluding carboxylic acids is 2. The monoisotopic (exact) mass is 422 g/mol. The van der Waals surface area contributed by atoms with Crippen molar-refractivity contribution in [2.45, 2.75) is 26.3 Å². The first-order valence-corrected chi connectivity index (χ1v) is 11.2. The standard InChI is InChI=1S/C25H34N4O2/c1-3-4-14-27(2)23-12-10-22(11-13-23)25(31)29-17-15-28(16-18-29)20-24(30)26-19-21-8-6-5-7-9-21/h5-13H,3-4,14-20H2,1-2H3,(H,26,30). The summed E-state index contributed by atoms with van der Waals surface area (Å²) in [4.78, 5) is 31.3. The van der Waals surface area contributed by atoms with Crippen LogP contribution in [0.5, 0.6) is 0 Å². The number of piperazine rings is 1. The molecule has 1 heterocycles. The van der Waals surface area contributed by atoms with Crippen LogP contribution in [-0.2, 0) is 11.3 Å². The van der Waals surface area contributed by atoms with Crippen molar-refractivity contribution in [2.24, 2.45) is 0 Å². The Labute approximate surface area is 185 Å². The van der Waals surface area contributed by atoms with Crippen molar-refractivity contribution < 1.29 is 9.59 Å². The van der Waals surface area contributed by atoms with Gasteiger partial charge in [0, 0.05) is 57.6 Å².